The molecule has 31 heavy (non-hydrogen) atoms. The monoisotopic (exact) mass is 427 g/mol. The summed E-state index contributed by atoms with van der Waals surface area (Å²) in [4.78, 5) is 8.87. The molecule has 1 saturated heterocycles. The second-order valence-electron chi connectivity index (χ2n) is 7.39. The SMILES string of the molecule is Cc1cccc(CSc2nc(N)c(C#N)c(-c3ccc(C4CCOC4)cc3)c2C#N)n1. The number of aromatic nitrogens is 2. The summed E-state index contributed by atoms with van der Waals surface area (Å²) in [5.74, 6) is 1.06. The van der Waals surface area contributed by atoms with Crippen LogP contribution in [0.2, 0.25) is 0 Å². The first-order valence-electron chi connectivity index (χ1n) is 9.97. The number of benzene rings is 1. The van der Waals surface area contributed by atoms with Crippen LogP contribution in [0.1, 0.15) is 40.4 Å². The molecule has 1 aliphatic heterocycles. The van der Waals surface area contributed by atoms with Gasteiger partial charge in [0.15, 0.2) is 0 Å². The summed E-state index contributed by atoms with van der Waals surface area (Å²) in [6.45, 7) is 3.44. The van der Waals surface area contributed by atoms with Gasteiger partial charge in [0.1, 0.15) is 28.5 Å². The van der Waals surface area contributed by atoms with E-state index < -0.39 is 0 Å². The summed E-state index contributed by atoms with van der Waals surface area (Å²) >= 11 is 1.40. The second-order valence-corrected chi connectivity index (χ2v) is 8.36. The van der Waals surface area contributed by atoms with Crippen molar-refractivity contribution in [3.05, 3.63) is 70.5 Å². The number of ether oxygens (including phenoxy) is 1. The minimum Gasteiger partial charge on any atom is -0.383 e. The number of nitrogens with two attached hydrogens (primary N) is 1. The third kappa shape index (κ3) is 4.39. The average Bonchev–Trinajstić information content (AvgIpc) is 3.32. The third-order valence-electron chi connectivity index (χ3n) is 5.32. The van der Waals surface area contributed by atoms with Crippen molar-refractivity contribution in [1.29, 1.82) is 10.5 Å². The first kappa shape index (κ1) is 20.9. The van der Waals surface area contributed by atoms with Crippen LogP contribution in [0.25, 0.3) is 11.1 Å². The van der Waals surface area contributed by atoms with Gasteiger partial charge in [-0.25, -0.2) is 4.98 Å². The molecule has 6 nitrogen and oxygen atoms in total. The number of aryl methyl sites for hydroxylation is 1. The molecule has 0 saturated carbocycles. The number of rotatable bonds is 5. The standard InChI is InChI=1S/C24H21N5OS/c1-15-3-2-4-19(28-15)14-31-24-21(12-26)22(20(11-25)23(27)29-24)17-7-5-16(6-8-17)18-9-10-30-13-18/h2-8,18H,9-10,13-14H2,1H3,(H2,27,29). The first-order chi connectivity index (χ1) is 15.1. The van der Waals surface area contributed by atoms with Gasteiger partial charge in [0.25, 0.3) is 0 Å². The Morgan fingerprint density at radius 1 is 1.10 bits per heavy atom. The van der Waals surface area contributed by atoms with Crippen LogP contribution in [-0.4, -0.2) is 23.2 Å². The molecule has 0 aliphatic carbocycles. The minimum atomic E-state index is 0.129. The number of nitrogen functional groups attached to an aromatic ring is 1. The smallest absolute Gasteiger partial charge is 0.143 e. The molecule has 0 amide bonds. The van der Waals surface area contributed by atoms with Crippen molar-refractivity contribution in [3.8, 4) is 23.3 Å². The molecule has 2 N–H and O–H groups in total. The molecule has 154 valence electrons. The predicted molar refractivity (Wildman–Crippen MR) is 120 cm³/mol. The predicted octanol–water partition coefficient (Wildman–Crippen LogP) is 4.57. The summed E-state index contributed by atoms with van der Waals surface area (Å²) in [7, 11) is 0. The van der Waals surface area contributed by atoms with Gasteiger partial charge in [0.2, 0.25) is 0 Å². The van der Waals surface area contributed by atoms with E-state index in [9.17, 15) is 10.5 Å². The molecule has 0 bridgehead atoms. The Kier molecular flexibility index (Phi) is 6.18. The molecule has 1 fully saturated rings. The van der Waals surface area contributed by atoms with Crippen molar-refractivity contribution in [2.24, 2.45) is 0 Å². The average molecular weight is 428 g/mol. The van der Waals surface area contributed by atoms with Crippen LogP contribution in [0.15, 0.2) is 47.5 Å². The van der Waals surface area contributed by atoms with E-state index in [1.54, 1.807) is 0 Å². The fourth-order valence-electron chi connectivity index (χ4n) is 3.73. The van der Waals surface area contributed by atoms with E-state index in [-0.39, 0.29) is 11.4 Å². The Morgan fingerprint density at radius 3 is 2.52 bits per heavy atom. The summed E-state index contributed by atoms with van der Waals surface area (Å²) in [6, 6.07) is 18.2. The fraction of sp³-hybridized carbons (Fsp3) is 0.250. The highest BCUT2D eigenvalue weighted by atomic mass is 32.2. The molecule has 1 aromatic carbocycles. The number of hydrogen-bond acceptors (Lipinski definition) is 7. The van der Waals surface area contributed by atoms with Gasteiger partial charge in [0.05, 0.1) is 17.9 Å². The lowest BCUT2D eigenvalue weighted by Crippen LogP contribution is -2.04. The molecular weight excluding hydrogens is 406 g/mol. The summed E-state index contributed by atoms with van der Waals surface area (Å²) < 4.78 is 5.48. The van der Waals surface area contributed by atoms with Gasteiger partial charge in [-0.15, -0.1) is 0 Å². The number of thioether (sulfide) groups is 1. The zero-order chi connectivity index (χ0) is 21.8. The van der Waals surface area contributed by atoms with Gasteiger partial charge >= 0.3 is 0 Å². The molecule has 0 radical (unpaired) electrons. The van der Waals surface area contributed by atoms with Crippen LogP contribution >= 0.6 is 11.8 Å². The van der Waals surface area contributed by atoms with E-state index in [1.807, 2.05) is 49.4 Å². The topological polar surface area (TPSA) is 109 Å². The zero-order valence-corrected chi connectivity index (χ0v) is 17.9. The first-order valence-corrected chi connectivity index (χ1v) is 11.0. The van der Waals surface area contributed by atoms with Crippen molar-refractivity contribution in [2.45, 2.75) is 30.0 Å². The van der Waals surface area contributed by atoms with Gasteiger partial charge < -0.3 is 10.5 Å². The summed E-state index contributed by atoms with van der Waals surface area (Å²) in [5.41, 5.74) is 11.0. The normalized spacial score (nSPS) is 15.4. The highest BCUT2D eigenvalue weighted by Gasteiger charge is 2.22. The Balaban J connectivity index is 1.72. The quantitative estimate of drug-likeness (QED) is 0.594. The van der Waals surface area contributed by atoms with E-state index in [0.29, 0.717) is 27.8 Å². The number of nitrogens with zero attached hydrogens (tertiary/aromatic N) is 4. The number of anilines is 1. The van der Waals surface area contributed by atoms with Crippen molar-refractivity contribution in [1.82, 2.24) is 9.97 Å². The van der Waals surface area contributed by atoms with Crippen LogP contribution in [0.3, 0.4) is 0 Å². The Hall–Kier alpha value is -3.39. The highest BCUT2D eigenvalue weighted by molar-refractivity contribution is 7.98. The second kappa shape index (κ2) is 9.18. The van der Waals surface area contributed by atoms with Crippen molar-refractivity contribution < 1.29 is 4.74 Å². The van der Waals surface area contributed by atoms with Crippen LogP contribution in [0.4, 0.5) is 5.82 Å². The van der Waals surface area contributed by atoms with Crippen LogP contribution in [0.5, 0.6) is 0 Å². The maximum atomic E-state index is 9.95. The van der Waals surface area contributed by atoms with E-state index in [1.165, 1.54) is 17.3 Å². The lowest BCUT2D eigenvalue weighted by molar-refractivity contribution is 0.194. The minimum absolute atomic E-state index is 0.129. The molecule has 2 aromatic heterocycles. The van der Waals surface area contributed by atoms with Gasteiger partial charge in [-0.3, -0.25) is 4.98 Å². The molecular formula is C24H21N5OS. The lowest BCUT2D eigenvalue weighted by Gasteiger charge is -2.14. The van der Waals surface area contributed by atoms with Gasteiger partial charge in [-0.2, -0.15) is 10.5 Å². The Bertz CT molecular complexity index is 1190. The third-order valence-corrected chi connectivity index (χ3v) is 6.33. The Morgan fingerprint density at radius 2 is 1.87 bits per heavy atom. The van der Waals surface area contributed by atoms with Gasteiger partial charge in [0, 0.05) is 29.5 Å². The largest absolute Gasteiger partial charge is 0.383 e. The van der Waals surface area contributed by atoms with Gasteiger partial charge in [-0.1, -0.05) is 42.1 Å². The van der Waals surface area contributed by atoms with Gasteiger partial charge in [-0.05, 0) is 36.6 Å². The van der Waals surface area contributed by atoms with Crippen LogP contribution in [0, 0.1) is 29.6 Å². The number of nitriles is 2. The Labute approximate surface area is 185 Å². The van der Waals surface area contributed by atoms with E-state index in [4.69, 9.17) is 10.5 Å². The molecule has 3 heterocycles. The maximum Gasteiger partial charge on any atom is 0.143 e. The molecule has 7 heteroatoms. The molecule has 0 spiro atoms. The van der Waals surface area contributed by atoms with E-state index >= 15 is 0 Å². The fourth-order valence-corrected chi connectivity index (χ4v) is 4.63. The number of hydrogen-bond donors (Lipinski definition) is 1. The van der Waals surface area contributed by atoms with Crippen LogP contribution < -0.4 is 5.73 Å². The molecule has 1 unspecified atom stereocenters. The van der Waals surface area contributed by atoms with Crippen LogP contribution in [-0.2, 0) is 10.5 Å². The summed E-state index contributed by atoms with van der Waals surface area (Å²) in [6.07, 6.45) is 1.00. The molecule has 1 atom stereocenters. The lowest BCUT2D eigenvalue weighted by atomic mass is 9.93. The van der Waals surface area contributed by atoms with Crippen molar-refractivity contribution >= 4 is 17.6 Å². The van der Waals surface area contributed by atoms with E-state index in [2.05, 4.69) is 22.1 Å². The van der Waals surface area contributed by atoms with E-state index in [0.717, 1.165) is 36.6 Å². The zero-order valence-electron chi connectivity index (χ0n) is 17.1. The van der Waals surface area contributed by atoms with Crippen molar-refractivity contribution in [2.75, 3.05) is 18.9 Å². The molecule has 1 aliphatic rings. The molecule has 3 aromatic rings. The summed E-state index contributed by atoms with van der Waals surface area (Å²) in [5, 5.41) is 20.2. The highest BCUT2D eigenvalue weighted by Crippen LogP contribution is 2.37. The number of pyridine rings is 2. The maximum absolute atomic E-state index is 9.95. The van der Waals surface area contributed by atoms with Crippen molar-refractivity contribution in [3.63, 3.8) is 0 Å². The molecule has 4 rings (SSSR count).